The highest BCUT2D eigenvalue weighted by Crippen LogP contribution is 2.19. The molecule has 6 heteroatoms. The molecule has 2 saturated heterocycles. The number of hydrogen-bond donors (Lipinski definition) is 0. The van der Waals surface area contributed by atoms with Crippen LogP contribution in [0, 0.1) is 0 Å². The van der Waals surface area contributed by atoms with Crippen LogP contribution < -0.4 is 0 Å². The smallest absolute Gasteiger partial charge is 0.272 e. The normalized spacial score (nSPS) is 20.0. The Hall–Kier alpha value is -1.40. The molecule has 0 aliphatic carbocycles. The zero-order valence-electron chi connectivity index (χ0n) is 16.2. The van der Waals surface area contributed by atoms with Crippen LogP contribution in [0.3, 0.4) is 0 Å². The number of aryl methyl sites for hydroxylation is 1. The van der Waals surface area contributed by atoms with E-state index in [-0.39, 0.29) is 5.91 Å². The minimum Gasteiger partial charge on any atom is -0.381 e. The van der Waals surface area contributed by atoms with Gasteiger partial charge in [-0.05, 0) is 64.7 Å². The van der Waals surface area contributed by atoms with Crippen LogP contribution in [0.4, 0.5) is 0 Å². The largest absolute Gasteiger partial charge is 0.381 e. The number of amides is 1. The Morgan fingerprint density at radius 3 is 2.65 bits per heavy atom. The first-order valence-corrected chi connectivity index (χ1v) is 10.4. The quantitative estimate of drug-likeness (QED) is 0.748. The van der Waals surface area contributed by atoms with E-state index in [2.05, 4.69) is 14.9 Å². The second kappa shape index (κ2) is 10.1. The van der Waals surface area contributed by atoms with Crippen molar-refractivity contribution >= 4 is 5.91 Å². The molecule has 1 aromatic rings. The van der Waals surface area contributed by atoms with Gasteiger partial charge >= 0.3 is 0 Å². The van der Waals surface area contributed by atoms with Crippen LogP contribution in [0.1, 0.15) is 62.4 Å². The Morgan fingerprint density at radius 1 is 1.23 bits per heavy atom. The molecule has 0 bridgehead atoms. The molecule has 2 aliphatic rings. The third-order valence-corrected chi connectivity index (χ3v) is 5.70. The highest BCUT2D eigenvalue weighted by Gasteiger charge is 2.28. The van der Waals surface area contributed by atoms with Gasteiger partial charge in [-0.25, -0.2) is 0 Å². The highest BCUT2D eigenvalue weighted by atomic mass is 16.5. The van der Waals surface area contributed by atoms with Gasteiger partial charge in [-0.1, -0.05) is 12.8 Å². The number of rotatable bonds is 7. The summed E-state index contributed by atoms with van der Waals surface area (Å²) >= 11 is 0. The summed E-state index contributed by atoms with van der Waals surface area (Å²) in [6.07, 6.45) is 10.0. The van der Waals surface area contributed by atoms with Crippen LogP contribution in [-0.2, 0) is 11.3 Å². The van der Waals surface area contributed by atoms with Gasteiger partial charge in [0, 0.05) is 38.5 Å². The van der Waals surface area contributed by atoms with Gasteiger partial charge in [0.1, 0.15) is 5.69 Å². The van der Waals surface area contributed by atoms with Crippen LogP contribution >= 0.6 is 0 Å². The summed E-state index contributed by atoms with van der Waals surface area (Å²) in [6, 6.07) is 2.15. The predicted octanol–water partition coefficient (Wildman–Crippen LogP) is 2.79. The average molecular weight is 363 g/mol. The van der Waals surface area contributed by atoms with E-state index < -0.39 is 0 Å². The number of hydrogen-bond acceptors (Lipinski definition) is 4. The molecular weight excluding hydrogens is 328 g/mol. The first kappa shape index (κ1) is 19.4. The topological polar surface area (TPSA) is 50.6 Å². The van der Waals surface area contributed by atoms with Crippen molar-refractivity contribution < 1.29 is 9.53 Å². The van der Waals surface area contributed by atoms with Gasteiger partial charge in [-0.15, -0.1) is 0 Å². The minimum absolute atomic E-state index is 0.132. The minimum atomic E-state index is 0.132. The molecule has 2 aliphatic heterocycles. The van der Waals surface area contributed by atoms with Crippen molar-refractivity contribution in [1.29, 1.82) is 0 Å². The van der Waals surface area contributed by atoms with E-state index in [1.165, 1.54) is 38.8 Å². The summed E-state index contributed by atoms with van der Waals surface area (Å²) in [5.74, 6) is 0.132. The lowest BCUT2D eigenvalue weighted by atomic mass is 10.1. The van der Waals surface area contributed by atoms with Gasteiger partial charge in [-0.2, -0.15) is 5.10 Å². The SMILES string of the molecule is CCn1nccc1C(=O)N(CCCN1CCCCCC1)C1CCOCC1. The lowest BCUT2D eigenvalue weighted by Gasteiger charge is -2.35. The molecule has 146 valence electrons. The van der Waals surface area contributed by atoms with E-state index in [0.717, 1.165) is 52.1 Å². The zero-order valence-corrected chi connectivity index (χ0v) is 16.2. The number of carbonyl (C=O) groups excluding carboxylic acids is 1. The molecule has 26 heavy (non-hydrogen) atoms. The Bertz CT molecular complexity index is 546. The molecule has 0 spiro atoms. The molecule has 0 N–H and O–H groups in total. The van der Waals surface area contributed by atoms with Crippen LogP contribution in [-0.4, -0.2) is 70.9 Å². The van der Waals surface area contributed by atoms with Gasteiger partial charge in [0.15, 0.2) is 0 Å². The maximum atomic E-state index is 13.2. The van der Waals surface area contributed by atoms with E-state index in [4.69, 9.17) is 4.74 Å². The molecular formula is C20H34N4O2. The summed E-state index contributed by atoms with van der Waals surface area (Å²) < 4.78 is 7.32. The van der Waals surface area contributed by atoms with E-state index in [1.807, 2.05) is 17.7 Å². The Kier molecular flexibility index (Phi) is 7.50. The molecule has 0 aromatic carbocycles. The number of nitrogens with zero attached hydrogens (tertiary/aromatic N) is 4. The van der Waals surface area contributed by atoms with Crippen LogP contribution in [0.25, 0.3) is 0 Å². The zero-order chi connectivity index (χ0) is 18.2. The molecule has 1 aromatic heterocycles. The van der Waals surface area contributed by atoms with Crippen molar-refractivity contribution in [2.75, 3.05) is 39.4 Å². The second-order valence-corrected chi connectivity index (χ2v) is 7.48. The van der Waals surface area contributed by atoms with Crippen LogP contribution in [0.2, 0.25) is 0 Å². The van der Waals surface area contributed by atoms with Crippen molar-refractivity contribution in [3.05, 3.63) is 18.0 Å². The standard InChI is InChI=1S/C20H34N4O2/c1-2-24-19(8-11-21-24)20(25)23(18-9-16-26-17-10-18)15-7-14-22-12-5-3-4-6-13-22/h8,11,18H,2-7,9-10,12-17H2,1H3. The summed E-state index contributed by atoms with van der Waals surface area (Å²) in [7, 11) is 0. The highest BCUT2D eigenvalue weighted by molar-refractivity contribution is 5.92. The molecule has 6 nitrogen and oxygen atoms in total. The summed E-state index contributed by atoms with van der Waals surface area (Å²) in [6.45, 7) is 8.63. The first-order valence-electron chi connectivity index (χ1n) is 10.4. The molecule has 0 radical (unpaired) electrons. The molecule has 2 fully saturated rings. The van der Waals surface area contributed by atoms with Crippen LogP contribution in [0.5, 0.6) is 0 Å². The van der Waals surface area contributed by atoms with E-state index in [1.54, 1.807) is 6.20 Å². The number of aromatic nitrogens is 2. The predicted molar refractivity (Wildman–Crippen MR) is 102 cm³/mol. The van der Waals surface area contributed by atoms with Crippen molar-refractivity contribution in [1.82, 2.24) is 19.6 Å². The van der Waals surface area contributed by atoms with Gasteiger partial charge in [0.25, 0.3) is 5.91 Å². The molecule has 0 unspecified atom stereocenters. The van der Waals surface area contributed by atoms with Crippen molar-refractivity contribution in [2.45, 2.75) is 64.5 Å². The molecule has 0 atom stereocenters. The first-order chi connectivity index (χ1) is 12.8. The maximum absolute atomic E-state index is 13.2. The summed E-state index contributed by atoms with van der Waals surface area (Å²) in [5, 5.41) is 4.28. The number of likely N-dealkylation sites (tertiary alicyclic amines) is 1. The fourth-order valence-electron chi connectivity index (χ4n) is 4.18. The fourth-order valence-corrected chi connectivity index (χ4v) is 4.18. The Balaban J connectivity index is 1.62. The van der Waals surface area contributed by atoms with Crippen molar-refractivity contribution in [2.24, 2.45) is 0 Å². The Labute approximate surface area is 157 Å². The number of carbonyl (C=O) groups is 1. The van der Waals surface area contributed by atoms with Gasteiger partial charge < -0.3 is 14.5 Å². The average Bonchev–Trinajstić information content (AvgIpc) is 3.01. The van der Waals surface area contributed by atoms with Gasteiger partial charge in [-0.3, -0.25) is 9.48 Å². The summed E-state index contributed by atoms with van der Waals surface area (Å²) in [5.41, 5.74) is 0.716. The van der Waals surface area contributed by atoms with Crippen LogP contribution in [0.15, 0.2) is 12.3 Å². The van der Waals surface area contributed by atoms with Crippen molar-refractivity contribution in [3.63, 3.8) is 0 Å². The monoisotopic (exact) mass is 362 g/mol. The molecule has 1 amide bonds. The Morgan fingerprint density at radius 2 is 1.96 bits per heavy atom. The number of ether oxygens (including phenoxy) is 1. The second-order valence-electron chi connectivity index (χ2n) is 7.48. The molecule has 3 heterocycles. The van der Waals surface area contributed by atoms with Gasteiger partial charge in [0.2, 0.25) is 0 Å². The molecule has 0 saturated carbocycles. The fraction of sp³-hybridized carbons (Fsp3) is 0.800. The lowest BCUT2D eigenvalue weighted by molar-refractivity contribution is 0.0273. The van der Waals surface area contributed by atoms with E-state index >= 15 is 0 Å². The third kappa shape index (κ3) is 5.07. The molecule has 3 rings (SSSR count). The van der Waals surface area contributed by atoms with E-state index in [9.17, 15) is 4.79 Å². The van der Waals surface area contributed by atoms with Gasteiger partial charge in [0.05, 0.1) is 0 Å². The summed E-state index contributed by atoms with van der Waals surface area (Å²) in [4.78, 5) is 17.9. The van der Waals surface area contributed by atoms with E-state index in [0.29, 0.717) is 11.7 Å². The maximum Gasteiger partial charge on any atom is 0.272 e. The lowest BCUT2D eigenvalue weighted by Crippen LogP contribution is -2.45. The third-order valence-electron chi connectivity index (χ3n) is 5.70. The van der Waals surface area contributed by atoms with Crippen molar-refractivity contribution in [3.8, 4) is 0 Å².